The molecule has 3 heterocycles. The van der Waals surface area contributed by atoms with E-state index in [1.54, 1.807) is 12.5 Å². The molecule has 0 unspecified atom stereocenters. The Hall–Kier alpha value is -1.64. The van der Waals surface area contributed by atoms with Crippen LogP contribution in [0.4, 0.5) is 0 Å². The lowest BCUT2D eigenvalue weighted by Crippen LogP contribution is -2.27. The molecule has 0 atom stereocenters. The predicted octanol–water partition coefficient (Wildman–Crippen LogP) is 0.584. The van der Waals surface area contributed by atoms with Crippen LogP contribution in [0.1, 0.15) is 17.3 Å². The number of imidazole rings is 1. The Bertz CT molecular complexity index is 721. The highest BCUT2D eigenvalue weighted by Crippen LogP contribution is 2.14. The topological polar surface area (TPSA) is 80.4 Å². The second-order valence-corrected chi connectivity index (χ2v) is 7.35. The smallest absolute Gasteiger partial charge is 0.209 e. The van der Waals surface area contributed by atoms with Gasteiger partial charge in [0, 0.05) is 32.3 Å². The van der Waals surface area contributed by atoms with E-state index in [-0.39, 0.29) is 6.54 Å². The molecule has 1 aliphatic rings. The fourth-order valence-corrected chi connectivity index (χ4v) is 3.07. The van der Waals surface area contributed by atoms with Crippen molar-refractivity contribution in [2.24, 2.45) is 0 Å². The van der Waals surface area contributed by atoms with Crippen LogP contribution in [-0.4, -0.2) is 42.2 Å². The van der Waals surface area contributed by atoms with Gasteiger partial charge in [0.05, 0.1) is 31.3 Å². The largest absolute Gasteiger partial charge is 0.468 e. The lowest BCUT2D eigenvalue weighted by molar-refractivity contribution is 0.248. The number of nitrogens with one attached hydrogen (secondary N) is 1. The van der Waals surface area contributed by atoms with E-state index in [1.165, 1.54) is 0 Å². The number of sulfonamides is 1. The van der Waals surface area contributed by atoms with E-state index in [4.69, 9.17) is 4.42 Å². The number of hydrogen-bond donors (Lipinski definition) is 1. The standard InChI is InChI=1S/C14H20N4O3S/c1-22(19,20)16-10-12-9-15-14-4-5-17(6-7-18(12)14)11-13-3-2-8-21-13/h2-3,8-9,16H,4-7,10-11H2,1H3. The van der Waals surface area contributed by atoms with Gasteiger partial charge in [0.25, 0.3) is 0 Å². The summed E-state index contributed by atoms with van der Waals surface area (Å²) in [4.78, 5) is 6.75. The maximum atomic E-state index is 11.2. The second kappa shape index (κ2) is 6.23. The normalized spacial score (nSPS) is 16.4. The maximum Gasteiger partial charge on any atom is 0.209 e. The molecule has 0 radical (unpaired) electrons. The van der Waals surface area contributed by atoms with Crippen molar-refractivity contribution in [3.8, 4) is 0 Å². The molecule has 2 aromatic heterocycles. The lowest BCUT2D eigenvalue weighted by atomic mass is 10.3. The summed E-state index contributed by atoms with van der Waals surface area (Å²) in [5, 5.41) is 0. The summed E-state index contributed by atoms with van der Waals surface area (Å²) >= 11 is 0. The SMILES string of the molecule is CS(=O)(=O)NCc1cnc2n1CCN(Cc1ccco1)CC2. The van der Waals surface area contributed by atoms with Crippen LogP contribution in [-0.2, 0) is 36.1 Å². The summed E-state index contributed by atoms with van der Waals surface area (Å²) in [7, 11) is -3.19. The van der Waals surface area contributed by atoms with Crippen molar-refractivity contribution in [3.05, 3.63) is 41.9 Å². The molecule has 0 fully saturated rings. The Kier molecular flexibility index (Phi) is 4.32. The summed E-state index contributed by atoms with van der Waals surface area (Å²) in [5.41, 5.74) is 0.903. The third-order valence-corrected chi connectivity index (χ3v) is 4.46. The van der Waals surface area contributed by atoms with E-state index in [0.717, 1.165) is 56.1 Å². The van der Waals surface area contributed by atoms with Gasteiger partial charge >= 0.3 is 0 Å². The minimum atomic E-state index is -3.19. The second-order valence-electron chi connectivity index (χ2n) is 5.52. The zero-order valence-corrected chi connectivity index (χ0v) is 13.3. The van der Waals surface area contributed by atoms with Crippen molar-refractivity contribution < 1.29 is 12.8 Å². The molecule has 0 aliphatic carbocycles. The zero-order chi connectivity index (χ0) is 15.6. The van der Waals surface area contributed by atoms with E-state index in [9.17, 15) is 8.42 Å². The summed E-state index contributed by atoms with van der Waals surface area (Å²) in [6, 6.07) is 3.87. The summed E-state index contributed by atoms with van der Waals surface area (Å²) < 4.78 is 32.5. The molecule has 0 saturated carbocycles. The molecule has 22 heavy (non-hydrogen) atoms. The van der Waals surface area contributed by atoms with Gasteiger partial charge in [0.2, 0.25) is 10.0 Å². The summed E-state index contributed by atoms with van der Waals surface area (Å²) in [6.07, 6.45) is 5.46. The molecule has 8 heteroatoms. The van der Waals surface area contributed by atoms with E-state index >= 15 is 0 Å². The van der Waals surface area contributed by atoms with Crippen molar-refractivity contribution >= 4 is 10.0 Å². The Morgan fingerprint density at radius 3 is 2.95 bits per heavy atom. The Morgan fingerprint density at radius 1 is 1.36 bits per heavy atom. The Balaban J connectivity index is 1.65. The van der Waals surface area contributed by atoms with E-state index in [0.29, 0.717) is 0 Å². The van der Waals surface area contributed by atoms with Gasteiger partial charge in [0.1, 0.15) is 11.6 Å². The minimum Gasteiger partial charge on any atom is -0.468 e. The van der Waals surface area contributed by atoms with Gasteiger partial charge in [-0.25, -0.2) is 18.1 Å². The molecule has 0 bridgehead atoms. The number of nitrogens with zero attached hydrogens (tertiary/aromatic N) is 3. The molecule has 0 saturated heterocycles. The van der Waals surface area contributed by atoms with Gasteiger partial charge in [-0.05, 0) is 12.1 Å². The molecule has 1 N–H and O–H groups in total. The summed E-state index contributed by atoms with van der Waals surface area (Å²) in [5.74, 6) is 1.96. The van der Waals surface area contributed by atoms with E-state index in [2.05, 4.69) is 19.2 Å². The van der Waals surface area contributed by atoms with Crippen LogP contribution in [0, 0.1) is 0 Å². The van der Waals surface area contributed by atoms with E-state index in [1.807, 2.05) is 12.1 Å². The highest BCUT2D eigenvalue weighted by molar-refractivity contribution is 7.88. The zero-order valence-electron chi connectivity index (χ0n) is 12.5. The summed E-state index contributed by atoms with van der Waals surface area (Å²) in [6.45, 7) is 3.67. The fourth-order valence-electron chi connectivity index (χ4n) is 2.66. The lowest BCUT2D eigenvalue weighted by Gasteiger charge is -2.18. The van der Waals surface area contributed by atoms with Crippen molar-refractivity contribution in [2.45, 2.75) is 26.1 Å². The van der Waals surface area contributed by atoms with Crippen molar-refractivity contribution in [3.63, 3.8) is 0 Å². The Morgan fingerprint density at radius 2 is 2.23 bits per heavy atom. The minimum absolute atomic E-state index is 0.282. The first kappa shape index (κ1) is 15.3. The average Bonchev–Trinajstić information content (AvgIpc) is 3.04. The van der Waals surface area contributed by atoms with Crippen LogP contribution in [0.3, 0.4) is 0 Å². The molecular weight excluding hydrogens is 304 g/mol. The average molecular weight is 324 g/mol. The first-order valence-electron chi connectivity index (χ1n) is 7.24. The number of furan rings is 1. The number of hydrogen-bond acceptors (Lipinski definition) is 5. The number of aromatic nitrogens is 2. The molecule has 3 rings (SSSR count). The monoisotopic (exact) mass is 324 g/mol. The first-order chi connectivity index (χ1) is 10.5. The predicted molar refractivity (Wildman–Crippen MR) is 81.6 cm³/mol. The molecule has 0 spiro atoms. The third kappa shape index (κ3) is 3.76. The van der Waals surface area contributed by atoms with E-state index < -0.39 is 10.0 Å². The molecule has 7 nitrogen and oxygen atoms in total. The van der Waals surface area contributed by atoms with Crippen LogP contribution in [0.25, 0.3) is 0 Å². The highest BCUT2D eigenvalue weighted by Gasteiger charge is 2.18. The van der Waals surface area contributed by atoms with Gasteiger partial charge in [-0.1, -0.05) is 0 Å². The van der Waals surface area contributed by atoms with Gasteiger partial charge in [0.15, 0.2) is 0 Å². The quantitative estimate of drug-likeness (QED) is 0.870. The third-order valence-electron chi connectivity index (χ3n) is 3.79. The first-order valence-corrected chi connectivity index (χ1v) is 9.13. The van der Waals surface area contributed by atoms with Crippen molar-refractivity contribution in [1.29, 1.82) is 0 Å². The van der Waals surface area contributed by atoms with Gasteiger partial charge in [-0.2, -0.15) is 0 Å². The van der Waals surface area contributed by atoms with Crippen molar-refractivity contribution in [1.82, 2.24) is 19.2 Å². The molecule has 1 aliphatic heterocycles. The van der Waals surface area contributed by atoms with Crippen LogP contribution < -0.4 is 4.72 Å². The molecule has 0 amide bonds. The molecular formula is C14H20N4O3S. The van der Waals surface area contributed by atoms with Gasteiger partial charge in [-0.3, -0.25) is 4.90 Å². The fraction of sp³-hybridized carbons (Fsp3) is 0.500. The van der Waals surface area contributed by atoms with Crippen LogP contribution in [0.2, 0.25) is 0 Å². The maximum absolute atomic E-state index is 11.2. The van der Waals surface area contributed by atoms with Crippen LogP contribution >= 0.6 is 0 Å². The number of fused-ring (bicyclic) bond motifs is 1. The van der Waals surface area contributed by atoms with Crippen LogP contribution in [0.15, 0.2) is 29.0 Å². The van der Waals surface area contributed by atoms with Gasteiger partial charge < -0.3 is 8.98 Å². The highest BCUT2D eigenvalue weighted by atomic mass is 32.2. The van der Waals surface area contributed by atoms with Gasteiger partial charge in [-0.15, -0.1) is 0 Å². The Labute approximate surface area is 130 Å². The van der Waals surface area contributed by atoms with Crippen LogP contribution in [0.5, 0.6) is 0 Å². The van der Waals surface area contributed by atoms with Crippen molar-refractivity contribution in [2.75, 3.05) is 19.3 Å². The molecule has 0 aromatic carbocycles. The molecule has 120 valence electrons. The number of rotatable bonds is 5. The molecule has 2 aromatic rings.